The summed E-state index contributed by atoms with van der Waals surface area (Å²) < 4.78 is 0. The van der Waals surface area contributed by atoms with Gasteiger partial charge in [0.15, 0.2) is 0 Å². The summed E-state index contributed by atoms with van der Waals surface area (Å²) in [5.41, 5.74) is 1.57. The Morgan fingerprint density at radius 3 is 2.83 bits per heavy atom. The molecule has 1 atom stereocenters. The van der Waals surface area contributed by atoms with E-state index in [4.69, 9.17) is 11.6 Å². The number of rotatable bonds is 5. The molecule has 0 fully saturated rings. The topological polar surface area (TPSA) is 12.0 Å². The normalized spacial score (nSPS) is 17.3. The molecule has 1 aliphatic rings. The van der Waals surface area contributed by atoms with Gasteiger partial charge in [-0.05, 0) is 44.9 Å². The first-order valence-electron chi connectivity index (χ1n) is 6.55. The van der Waals surface area contributed by atoms with Crippen molar-refractivity contribution in [1.82, 2.24) is 5.32 Å². The minimum Gasteiger partial charge on any atom is -0.313 e. The molecule has 0 saturated heterocycles. The van der Waals surface area contributed by atoms with Crippen molar-refractivity contribution in [3.8, 4) is 0 Å². The van der Waals surface area contributed by atoms with E-state index in [-0.39, 0.29) is 0 Å². The Morgan fingerprint density at radius 2 is 2.17 bits per heavy atom. The number of halogens is 1. The van der Waals surface area contributed by atoms with E-state index >= 15 is 0 Å². The number of nitrogens with one attached hydrogen (secondary N) is 1. The molecule has 1 aliphatic carbocycles. The van der Waals surface area contributed by atoms with Crippen LogP contribution in [-0.2, 0) is 0 Å². The molecule has 1 nitrogen and oxygen atoms in total. The molecule has 0 aliphatic heterocycles. The molecule has 0 saturated carbocycles. The van der Waals surface area contributed by atoms with E-state index in [1.807, 2.05) is 37.0 Å². The van der Waals surface area contributed by atoms with Gasteiger partial charge in [-0.15, -0.1) is 11.8 Å². The molecule has 0 bridgehead atoms. The second kappa shape index (κ2) is 7.22. The van der Waals surface area contributed by atoms with Gasteiger partial charge in [0.1, 0.15) is 0 Å². The maximum atomic E-state index is 6.18. The van der Waals surface area contributed by atoms with E-state index in [0.29, 0.717) is 6.04 Å². The fourth-order valence-electron chi connectivity index (χ4n) is 2.29. The van der Waals surface area contributed by atoms with Gasteiger partial charge < -0.3 is 5.32 Å². The third-order valence-electron chi connectivity index (χ3n) is 3.36. The molecule has 2 rings (SSSR count). The highest BCUT2D eigenvalue weighted by Gasteiger charge is 2.15. The van der Waals surface area contributed by atoms with Crippen LogP contribution in [0.4, 0.5) is 0 Å². The third-order valence-corrected chi connectivity index (χ3v) is 4.97. The number of hydrogen-bond donors (Lipinski definition) is 1. The van der Waals surface area contributed by atoms with E-state index < -0.39 is 0 Å². The molecule has 1 aromatic carbocycles. The molecule has 0 spiro atoms. The smallest absolute Gasteiger partial charge is 0.0541 e. The van der Waals surface area contributed by atoms with Gasteiger partial charge in [0, 0.05) is 16.7 Å². The van der Waals surface area contributed by atoms with Crippen LogP contribution < -0.4 is 5.32 Å². The van der Waals surface area contributed by atoms with Crippen LogP contribution in [0.1, 0.15) is 25.7 Å². The summed E-state index contributed by atoms with van der Waals surface area (Å²) in [6.45, 7) is 0. The molecule has 0 aromatic heterocycles. The highest BCUT2D eigenvalue weighted by atomic mass is 35.5. The Labute approximate surface area is 119 Å². The molecule has 98 valence electrons. The molecule has 18 heavy (non-hydrogen) atoms. The molecule has 3 heteroatoms. The van der Waals surface area contributed by atoms with Crippen LogP contribution in [0.25, 0.3) is 0 Å². The van der Waals surface area contributed by atoms with Crippen LogP contribution in [0.3, 0.4) is 0 Å². The summed E-state index contributed by atoms with van der Waals surface area (Å²) >= 11 is 8.02. The van der Waals surface area contributed by atoms with E-state index in [1.165, 1.54) is 30.6 Å². The van der Waals surface area contributed by atoms with Gasteiger partial charge >= 0.3 is 0 Å². The van der Waals surface area contributed by atoms with Crippen molar-refractivity contribution >= 4 is 23.4 Å². The molecule has 1 N–H and O–H groups in total. The average Bonchev–Trinajstić information content (AvgIpc) is 2.42. The second-order valence-electron chi connectivity index (χ2n) is 4.61. The first-order chi connectivity index (χ1) is 8.81. The fourth-order valence-corrected chi connectivity index (χ4v) is 3.70. The Morgan fingerprint density at radius 1 is 1.33 bits per heavy atom. The van der Waals surface area contributed by atoms with Gasteiger partial charge in [-0.1, -0.05) is 35.4 Å². The molecule has 0 amide bonds. The Balaban J connectivity index is 1.95. The lowest BCUT2D eigenvalue weighted by Crippen LogP contribution is -2.30. The van der Waals surface area contributed by atoms with Crippen molar-refractivity contribution < 1.29 is 0 Å². The molecule has 1 aromatic rings. The predicted molar refractivity (Wildman–Crippen MR) is 81.6 cm³/mol. The van der Waals surface area contributed by atoms with Gasteiger partial charge in [0.05, 0.1) is 5.02 Å². The third kappa shape index (κ3) is 3.78. The summed E-state index contributed by atoms with van der Waals surface area (Å²) in [7, 11) is 2.05. The zero-order chi connectivity index (χ0) is 12.8. The SMILES string of the molecule is CNC(CSc1ccccc1Cl)C1=CCCCC1. The summed E-state index contributed by atoms with van der Waals surface area (Å²) in [4.78, 5) is 1.18. The largest absolute Gasteiger partial charge is 0.313 e. The maximum Gasteiger partial charge on any atom is 0.0541 e. The lowest BCUT2D eigenvalue weighted by Gasteiger charge is -2.22. The summed E-state index contributed by atoms with van der Waals surface area (Å²) in [5, 5.41) is 4.29. The molecule has 0 radical (unpaired) electrons. The van der Waals surface area contributed by atoms with Crippen molar-refractivity contribution in [2.24, 2.45) is 0 Å². The fraction of sp³-hybridized carbons (Fsp3) is 0.467. The van der Waals surface area contributed by atoms with Crippen molar-refractivity contribution in [2.45, 2.75) is 36.6 Å². The van der Waals surface area contributed by atoms with Crippen LogP contribution in [0.5, 0.6) is 0 Å². The van der Waals surface area contributed by atoms with Crippen LogP contribution >= 0.6 is 23.4 Å². The highest BCUT2D eigenvalue weighted by Crippen LogP contribution is 2.29. The minimum atomic E-state index is 0.478. The minimum absolute atomic E-state index is 0.478. The number of likely N-dealkylation sites (N-methyl/N-ethyl adjacent to an activating group) is 1. The standard InChI is InChI=1S/C15H20ClNS/c1-17-14(12-7-3-2-4-8-12)11-18-15-10-6-5-9-13(15)16/h5-7,9-10,14,17H,2-4,8,11H2,1H3. The van der Waals surface area contributed by atoms with Crippen LogP contribution in [0, 0.1) is 0 Å². The maximum absolute atomic E-state index is 6.18. The lowest BCUT2D eigenvalue weighted by molar-refractivity contribution is 0.608. The summed E-state index contributed by atoms with van der Waals surface area (Å²) in [6, 6.07) is 8.55. The molecular formula is C15H20ClNS. The zero-order valence-corrected chi connectivity index (χ0v) is 12.4. The quantitative estimate of drug-likeness (QED) is 0.629. The van der Waals surface area contributed by atoms with E-state index in [1.54, 1.807) is 5.57 Å². The van der Waals surface area contributed by atoms with E-state index in [9.17, 15) is 0 Å². The number of hydrogen-bond acceptors (Lipinski definition) is 2. The van der Waals surface area contributed by atoms with Gasteiger partial charge in [-0.2, -0.15) is 0 Å². The monoisotopic (exact) mass is 281 g/mol. The van der Waals surface area contributed by atoms with Gasteiger partial charge in [0.25, 0.3) is 0 Å². The van der Waals surface area contributed by atoms with Crippen LogP contribution in [0.2, 0.25) is 5.02 Å². The second-order valence-corrected chi connectivity index (χ2v) is 6.08. The van der Waals surface area contributed by atoms with Crippen molar-refractivity contribution in [3.63, 3.8) is 0 Å². The lowest BCUT2D eigenvalue weighted by atomic mass is 9.95. The van der Waals surface area contributed by atoms with Gasteiger partial charge in [0.2, 0.25) is 0 Å². The van der Waals surface area contributed by atoms with Crippen molar-refractivity contribution in [1.29, 1.82) is 0 Å². The van der Waals surface area contributed by atoms with Crippen molar-refractivity contribution in [3.05, 3.63) is 40.9 Å². The van der Waals surface area contributed by atoms with Crippen molar-refractivity contribution in [2.75, 3.05) is 12.8 Å². The van der Waals surface area contributed by atoms with Crippen LogP contribution in [0.15, 0.2) is 40.8 Å². The first kappa shape index (κ1) is 14.0. The van der Waals surface area contributed by atoms with E-state index in [0.717, 1.165) is 10.8 Å². The summed E-state index contributed by atoms with van der Waals surface area (Å²) in [5.74, 6) is 1.05. The predicted octanol–water partition coefficient (Wildman–Crippen LogP) is 4.52. The van der Waals surface area contributed by atoms with Gasteiger partial charge in [-0.25, -0.2) is 0 Å². The first-order valence-corrected chi connectivity index (χ1v) is 7.91. The Kier molecular flexibility index (Phi) is 5.61. The summed E-state index contributed by atoms with van der Waals surface area (Å²) in [6.07, 6.45) is 7.58. The molecule has 1 unspecified atom stereocenters. The Bertz CT molecular complexity index is 417. The highest BCUT2D eigenvalue weighted by molar-refractivity contribution is 7.99. The van der Waals surface area contributed by atoms with E-state index in [2.05, 4.69) is 17.5 Å². The Hall–Kier alpha value is -0.440. The number of allylic oxidation sites excluding steroid dienone is 1. The average molecular weight is 282 g/mol. The zero-order valence-electron chi connectivity index (χ0n) is 10.8. The number of thioether (sulfide) groups is 1. The molecule has 0 heterocycles. The van der Waals surface area contributed by atoms with Gasteiger partial charge in [-0.3, -0.25) is 0 Å². The molecular weight excluding hydrogens is 262 g/mol. The van der Waals surface area contributed by atoms with Crippen LogP contribution in [-0.4, -0.2) is 18.8 Å². The number of benzene rings is 1.